The molecule has 11 rings (SSSR count). The van der Waals surface area contributed by atoms with Crippen LogP contribution in [0, 0.1) is 5.92 Å². The summed E-state index contributed by atoms with van der Waals surface area (Å²) in [5.41, 5.74) is 4.47. The summed E-state index contributed by atoms with van der Waals surface area (Å²) < 4.78 is 3.49. The van der Waals surface area contributed by atoms with E-state index in [-0.39, 0.29) is 54.1 Å². The second-order valence-electron chi connectivity index (χ2n) is 20.7. The molecule has 0 bridgehead atoms. The average Bonchev–Trinajstić information content (AvgIpc) is 4.33. The lowest BCUT2D eigenvalue weighted by Gasteiger charge is -2.30. The van der Waals surface area contributed by atoms with Crippen molar-refractivity contribution in [3.8, 4) is 0 Å². The van der Waals surface area contributed by atoms with Crippen molar-refractivity contribution in [1.29, 1.82) is 0 Å². The van der Waals surface area contributed by atoms with Crippen molar-refractivity contribution in [3.63, 3.8) is 0 Å². The predicted octanol–water partition coefficient (Wildman–Crippen LogP) is 2.58. The van der Waals surface area contributed by atoms with E-state index < -0.39 is 54.6 Å². The van der Waals surface area contributed by atoms with Crippen molar-refractivity contribution in [3.05, 3.63) is 89.7 Å². The SMILES string of the molecule is CCC(=O)N[C@H]1C[C@@H](n2cnc3c(NC4CCC(NC(=O)N[C@@H]5CCN(c6nc(NCC(c7ccccc7)c7ccccc7)c7ncn([C@@H]8C[C@H](C9N=C(C=O)CN9)[C@@H](O)[C@H]8O)c7n6)C5)CC4)nc(Cl)nc32)[C@H](O)[C@@H]1O. The first kappa shape index (κ1) is 51.2. The summed E-state index contributed by atoms with van der Waals surface area (Å²) in [6.07, 6.45) is 3.17. The molecule has 3 saturated carbocycles. The van der Waals surface area contributed by atoms with Gasteiger partial charge in [0.25, 0.3) is 0 Å². The van der Waals surface area contributed by atoms with Crippen LogP contribution in [0.25, 0.3) is 22.3 Å². The molecule has 3 aliphatic carbocycles. The number of imidazole rings is 2. The monoisotopic (exact) mass is 1060 g/mol. The zero-order valence-electron chi connectivity index (χ0n) is 41.9. The highest BCUT2D eigenvalue weighted by atomic mass is 35.5. The van der Waals surface area contributed by atoms with Gasteiger partial charge >= 0.3 is 6.03 Å². The van der Waals surface area contributed by atoms with Crippen molar-refractivity contribution in [2.45, 2.75) is 131 Å². The van der Waals surface area contributed by atoms with Gasteiger partial charge in [-0.05, 0) is 67.7 Å². The Hall–Kier alpha value is -6.89. The van der Waals surface area contributed by atoms with Crippen LogP contribution in [0.15, 0.2) is 78.3 Å². The number of hydrogen-bond donors (Lipinski definition) is 10. The predicted molar refractivity (Wildman–Crippen MR) is 283 cm³/mol. The number of carbonyl (C=O) groups excluding carboxylic acids is 3. The van der Waals surface area contributed by atoms with Crippen molar-refractivity contribution in [2.75, 3.05) is 41.7 Å². The fourth-order valence-electron chi connectivity index (χ4n) is 11.9. The first-order valence-corrected chi connectivity index (χ1v) is 26.6. The van der Waals surface area contributed by atoms with Gasteiger partial charge in [-0.3, -0.25) is 19.9 Å². The normalized spacial score (nSPS) is 28.5. The first-order chi connectivity index (χ1) is 36.9. The largest absolute Gasteiger partial charge is 0.390 e. The number of rotatable bonds is 16. The number of nitrogens with zero attached hydrogens (tertiary/aromatic N) is 10. The Balaban J connectivity index is 0.750. The quantitative estimate of drug-likeness (QED) is 0.0492. The number of urea groups is 1. The van der Waals surface area contributed by atoms with Crippen LogP contribution in [0.1, 0.15) is 87.4 Å². The lowest BCUT2D eigenvalue weighted by molar-refractivity contribution is -0.122. The van der Waals surface area contributed by atoms with Crippen LogP contribution in [0.2, 0.25) is 5.28 Å². The third-order valence-corrected chi connectivity index (χ3v) is 16.1. The van der Waals surface area contributed by atoms with E-state index in [0.29, 0.717) is 104 Å². The van der Waals surface area contributed by atoms with Crippen LogP contribution < -0.4 is 36.8 Å². The molecule has 6 heterocycles. The number of aldehydes is 1. The average molecular weight is 1060 g/mol. The molecule has 6 aromatic rings. The van der Waals surface area contributed by atoms with Crippen LogP contribution >= 0.6 is 11.6 Å². The van der Waals surface area contributed by atoms with Gasteiger partial charge in [0.15, 0.2) is 40.2 Å². The number of aliphatic hydroxyl groups excluding tert-OH is 4. The molecule has 76 heavy (non-hydrogen) atoms. The second-order valence-corrected chi connectivity index (χ2v) is 21.0. The number of fused-ring (bicyclic) bond motifs is 2. The smallest absolute Gasteiger partial charge is 0.315 e. The molecule has 1 unspecified atom stereocenters. The maximum absolute atomic E-state index is 13.6. The lowest BCUT2D eigenvalue weighted by Crippen LogP contribution is -2.48. The van der Waals surface area contributed by atoms with Gasteiger partial charge in [-0.15, -0.1) is 0 Å². The Kier molecular flexibility index (Phi) is 14.8. The highest BCUT2D eigenvalue weighted by Gasteiger charge is 2.48. The molecular weight excluding hydrogens is 996 g/mol. The van der Waals surface area contributed by atoms with Gasteiger partial charge in [-0.1, -0.05) is 67.6 Å². The number of amides is 3. The Morgan fingerprint density at radius 3 is 2.05 bits per heavy atom. The highest BCUT2D eigenvalue weighted by Crippen LogP contribution is 2.41. The van der Waals surface area contributed by atoms with E-state index in [9.17, 15) is 34.8 Å². The molecule has 400 valence electrons. The maximum atomic E-state index is 13.6. The molecule has 10 atom stereocenters. The molecular formula is C52H63ClN16O7. The van der Waals surface area contributed by atoms with Gasteiger partial charge in [0.1, 0.15) is 24.5 Å². The number of aliphatic hydroxyl groups is 4. The fourth-order valence-corrected chi connectivity index (χ4v) is 12.0. The molecule has 4 fully saturated rings. The van der Waals surface area contributed by atoms with Crippen LogP contribution in [0.4, 0.5) is 22.4 Å². The summed E-state index contributed by atoms with van der Waals surface area (Å²) >= 11 is 6.44. The number of halogens is 1. The number of aromatic nitrogens is 8. The number of carbonyl (C=O) groups is 3. The van der Waals surface area contributed by atoms with Gasteiger partial charge in [0, 0.05) is 62.6 Å². The molecule has 10 N–H and O–H groups in total. The van der Waals surface area contributed by atoms with E-state index in [1.807, 2.05) is 45.9 Å². The van der Waals surface area contributed by atoms with Crippen molar-refractivity contribution in [1.82, 2.24) is 60.3 Å². The molecule has 0 radical (unpaired) electrons. The van der Waals surface area contributed by atoms with Crippen molar-refractivity contribution < 1.29 is 34.8 Å². The van der Waals surface area contributed by atoms with Crippen LogP contribution in [0.5, 0.6) is 0 Å². The van der Waals surface area contributed by atoms with E-state index in [0.717, 1.165) is 24.0 Å². The van der Waals surface area contributed by atoms with Gasteiger partial charge in [-0.2, -0.15) is 19.9 Å². The van der Waals surface area contributed by atoms with Gasteiger partial charge in [0.2, 0.25) is 17.1 Å². The van der Waals surface area contributed by atoms with Crippen LogP contribution in [0.3, 0.4) is 0 Å². The molecule has 5 aliphatic rings. The topological polar surface area (TPSA) is 307 Å². The number of aliphatic imine (C=N–C) groups is 1. The van der Waals surface area contributed by atoms with Gasteiger partial charge in [0.05, 0.1) is 42.6 Å². The minimum Gasteiger partial charge on any atom is -0.390 e. The van der Waals surface area contributed by atoms with E-state index in [1.54, 1.807) is 24.1 Å². The minimum absolute atomic E-state index is 0.00505. The zero-order chi connectivity index (χ0) is 52.6. The maximum Gasteiger partial charge on any atom is 0.315 e. The summed E-state index contributed by atoms with van der Waals surface area (Å²) in [6, 6.07) is 18.2. The molecule has 0 spiro atoms. The standard InChI is InChI=1S/C52H63ClN16O7/c1-2-38(71)62-35-20-37(44(75)42(35)73)69-26-57-40-47(63-50(53)65-48(40)69)58-29-13-15-30(16-14-29)60-52(76)61-31-17-18-67(23-31)51-64-46(55-22-34(27-9-5-3-6-10-27)28-11-7-4-8-12-28)39-49(66-51)68(25-56-39)36-19-33(41(72)43(36)74)45-54-21-32(24-70)59-45/h3-12,24-26,29-31,33-37,41-45,54,72-75H,2,13-23H2,1H3,(H,62,71)(H,55,64,66)(H,58,63,65)(H2,60,61,76)/t29?,30?,31-,33+,35+,36-,37-,41-,42-,43+,44+,45?/m1/s1. The second kappa shape index (κ2) is 22.0. The van der Waals surface area contributed by atoms with E-state index in [2.05, 4.69) is 76.1 Å². The summed E-state index contributed by atoms with van der Waals surface area (Å²) in [6.45, 7) is 3.51. The van der Waals surface area contributed by atoms with Gasteiger partial charge in [-0.25, -0.2) is 14.8 Å². The molecule has 1 saturated heterocycles. The number of benzene rings is 2. The number of anilines is 3. The van der Waals surface area contributed by atoms with Gasteiger partial charge < -0.3 is 61.0 Å². The molecule has 23 nitrogen and oxygen atoms in total. The lowest BCUT2D eigenvalue weighted by atomic mass is 9.91. The van der Waals surface area contributed by atoms with Crippen LogP contribution in [-0.4, -0.2) is 164 Å². The Bertz CT molecular complexity index is 3050. The highest BCUT2D eigenvalue weighted by molar-refractivity contribution is 6.30. The molecule has 2 aromatic carbocycles. The summed E-state index contributed by atoms with van der Waals surface area (Å²) in [5, 5.41) is 64.1. The third-order valence-electron chi connectivity index (χ3n) is 16.0. The molecule has 2 aliphatic heterocycles. The van der Waals surface area contributed by atoms with E-state index in [1.165, 1.54) is 0 Å². The molecule has 4 aromatic heterocycles. The number of hydrogen-bond acceptors (Lipinski definition) is 18. The van der Waals surface area contributed by atoms with E-state index in [4.69, 9.17) is 26.6 Å². The van der Waals surface area contributed by atoms with E-state index >= 15 is 0 Å². The number of nitrogens with one attached hydrogen (secondary N) is 6. The Morgan fingerprint density at radius 1 is 0.750 bits per heavy atom. The van der Waals surface area contributed by atoms with Crippen molar-refractivity contribution in [2.24, 2.45) is 10.9 Å². The first-order valence-electron chi connectivity index (χ1n) is 26.3. The molecule has 3 amide bonds. The Labute approximate surface area is 442 Å². The summed E-state index contributed by atoms with van der Waals surface area (Å²) in [5.74, 6) is 0.680. The third kappa shape index (κ3) is 10.4. The summed E-state index contributed by atoms with van der Waals surface area (Å²) in [7, 11) is 0. The Morgan fingerprint density at radius 2 is 1.38 bits per heavy atom. The van der Waals surface area contributed by atoms with Crippen LogP contribution in [-0.2, 0) is 9.59 Å². The molecule has 24 heteroatoms. The van der Waals surface area contributed by atoms with Crippen molar-refractivity contribution >= 4 is 75.4 Å². The minimum atomic E-state index is -1.17. The zero-order valence-corrected chi connectivity index (χ0v) is 42.6. The summed E-state index contributed by atoms with van der Waals surface area (Å²) in [4.78, 5) is 72.1. The fraction of sp³-hybridized carbons (Fsp3) is 0.500.